The van der Waals surface area contributed by atoms with Gasteiger partial charge in [0.15, 0.2) is 6.10 Å². The van der Waals surface area contributed by atoms with E-state index in [1.807, 2.05) is 0 Å². The van der Waals surface area contributed by atoms with E-state index in [1.54, 1.807) is 0 Å². The molecule has 0 heterocycles. The van der Waals surface area contributed by atoms with Crippen molar-refractivity contribution in [2.24, 2.45) is 0 Å². The van der Waals surface area contributed by atoms with Gasteiger partial charge in [0.1, 0.15) is 13.2 Å². The summed E-state index contributed by atoms with van der Waals surface area (Å²) in [5.74, 6) is -0.878. The molecule has 0 N–H and O–H groups in total. The van der Waals surface area contributed by atoms with Gasteiger partial charge in [-0.05, 0) is 83.5 Å². The summed E-state index contributed by atoms with van der Waals surface area (Å²) in [7, 11) is 0. The van der Waals surface area contributed by atoms with Crippen molar-refractivity contribution in [3.05, 3.63) is 60.8 Å². The molecule has 83 heavy (non-hydrogen) atoms. The van der Waals surface area contributed by atoms with Crippen LogP contribution in [0.25, 0.3) is 0 Å². The molecule has 6 heteroatoms. The van der Waals surface area contributed by atoms with Crippen molar-refractivity contribution in [3.63, 3.8) is 0 Å². The van der Waals surface area contributed by atoms with Crippen LogP contribution in [0.3, 0.4) is 0 Å². The first-order valence-electron chi connectivity index (χ1n) is 36.8. The molecular weight excluding hydrogens is 1020 g/mol. The van der Waals surface area contributed by atoms with Crippen LogP contribution < -0.4 is 0 Å². The van der Waals surface area contributed by atoms with E-state index in [9.17, 15) is 14.4 Å². The highest BCUT2D eigenvalue weighted by Gasteiger charge is 2.19. The molecule has 0 spiro atoms. The normalized spacial score (nSPS) is 12.4. The van der Waals surface area contributed by atoms with Crippen LogP contribution in [0.15, 0.2) is 60.8 Å². The molecule has 0 amide bonds. The summed E-state index contributed by atoms with van der Waals surface area (Å²) in [5, 5.41) is 0. The summed E-state index contributed by atoms with van der Waals surface area (Å²) < 4.78 is 17.0. The van der Waals surface area contributed by atoms with Gasteiger partial charge < -0.3 is 14.2 Å². The summed E-state index contributed by atoms with van der Waals surface area (Å²) in [6.07, 6.45) is 92.7. The van der Waals surface area contributed by atoms with Crippen LogP contribution in [-0.2, 0) is 28.6 Å². The molecule has 0 aromatic heterocycles. The van der Waals surface area contributed by atoms with Crippen LogP contribution in [0, 0.1) is 0 Å². The number of rotatable bonds is 68. The number of ether oxygens (including phenoxy) is 3. The van der Waals surface area contributed by atoms with Gasteiger partial charge >= 0.3 is 17.9 Å². The van der Waals surface area contributed by atoms with Crippen LogP contribution >= 0.6 is 0 Å². The van der Waals surface area contributed by atoms with E-state index in [0.29, 0.717) is 19.3 Å². The molecule has 0 aromatic rings. The Morgan fingerprint density at radius 3 is 0.747 bits per heavy atom. The van der Waals surface area contributed by atoms with E-state index in [-0.39, 0.29) is 31.1 Å². The predicted molar refractivity (Wildman–Crippen MR) is 362 cm³/mol. The van der Waals surface area contributed by atoms with E-state index in [0.717, 1.165) is 103 Å². The Hall–Kier alpha value is -2.89. The standard InChI is InChI=1S/C77H140O6/c1-4-7-10-13-16-19-22-25-28-30-32-33-34-35-36-37-38-39-40-41-42-43-45-46-49-52-55-58-61-64-67-70-76(79)82-73-74(72-81-75(78)69-66-63-60-57-54-51-48-27-24-21-18-15-12-9-6-3)83-77(80)71-68-65-62-59-56-53-50-47-44-31-29-26-23-20-17-14-11-8-5-2/h8,11,17,20,26-27,29,44,47-48,74H,4-7,9-10,12-16,18-19,21-25,28,30-43,45-46,49-73H2,1-3H3/b11-8-,20-17-,29-26-,47-44-,48-27-. The second-order valence-corrected chi connectivity index (χ2v) is 24.8. The maximum atomic E-state index is 12.9. The first-order chi connectivity index (χ1) is 41.0. The van der Waals surface area contributed by atoms with Crippen LogP contribution in [0.2, 0.25) is 0 Å². The van der Waals surface area contributed by atoms with Crippen molar-refractivity contribution in [1.29, 1.82) is 0 Å². The summed E-state index contributed by atoms with van der Waals surface area (Å²) in [4.78, 5) is 38.5. The fourth-order valence-corrected chi connectivity index (χ4v) is 11.0. The topological polar surface area (TPSA) is 78.9 Å². The average Bonchev–Trinajstić information content (AvgIpc) is 3.49. The van der Waals surface area contributed by atoms with Crippen LogP contribution in [0.4, 0.5) is 0 Å². The Kier molecular flexibility index (Phi) is 69.1. The zero-order valence-corrected chi connectivity index (χ0v) is 55.7. The lowest BCUT2D eigenvalue weighted by atomic mass is 10.0. The van der Waals surface area contributed by atoms with Gasteiger partial charge in [-0.3, -0.25) is 14.4 Å². The average molecular weight is 1160 g/mol. The molecule has 0 rings (SSSR count). The minimum Gasteiger partial charge on any atom is -0.462 e. The molecule has 0 radical (unpaired) electrons. The van der Waals surface area contributed by atoms with Gasteiger partial charge in [-0.2, -0.15) is 0 Å². The van der Waals surface area contributed by atoms with Crippen molar-refractivity contribution in [3.8, 4) is 0 Å². The molecule has 0 aromatic carbocycles. The Labute approximate surface area is 517 Å². The fraction of sp³-hybridized carbons (Fsp3) is 0.831. The second kappa shape index (κ2) is 71.6. The molecule has 0 aliphatic heterocycles. The molecule has 484 valence electrons. The van der Waals surface area contributed by atoms with E-state index in [4.69, 9.17) is 14.2 Å². The number of hydrogen-bond acceptors (Lipinski definition) is 6. The quantitative estimate of drug-likeness (QED) is 0.0261. The van der Waals surface area contributed by atoms with Gasteiger partial charge in [-0.1, -0.05) is 351 Å². The number of hydrogen-bond donors (Lipinski definition) is 0. The van der Waals surface area contributed by atoms with Gasteiger partial charge in [0, 0.05) is 19.3 Å². The van der Waals surface area contributed by atoms with E-state index in [2.05, 4.69) is 81.5 Å². The second-order valence-electron chi connectivity index (χ2n) is 24.8. The highest BCUT2D eigenvalue weighted by atomic mass is 16.6. The van der Waals surface area contributed by atoms with Gasteiger partial charge in [0.25, 0.3) is 0 Å². The molecule has 1 atom stereocenters. The molecule has 0 saturated carbocycles. The minimum atomic E-state index is -0.786. The lowest BCUT2D eigenvalue weighted by Gasteiger charge is -2.18. The SMILES string of the molecule is CC/C=C\C/C=C\C/C=C\C/C=C\CCCCCCCCC(=O)OC(COC(=O)CCCCCCC/C=C\CCCCCCCC)COC(=O)CCCCCCCCCCCCCCCCCCCCCCCCCCCCCCCCC. The molecule has 1 unspecified atom stereocenters. The van der Waals surface area contributed by atoms with Crippen molar-refractivity contribution in [2.45, 2.75) is 399 Å². The molecular formula is C77H140O6. The third kappa shape index (κ3) is 69.8. The van der Waals surface area contributed by atoms with Gasteiger partial charge in [-0.25, -0.2) is 0 Å². The lowest BCUT2D eigenvalue weighted by molar-refractivity contribution is -0.167. The Balaban J connectivity index is 4.20. The summed E-state index contributed by atoms with van der Waals surface area (Å²) in [6.45, 7) is 6.57. The number of unbranched alkanes of at least 4 members (excludes halogenated alkanes) is 47. The molecule has 0 saturated heterocycles. The monoisotopic (exact) mass is 1160 g/mol. The first-order valence-corrected chi connectivity index (χ1v) is 36.8. The van der Waals surface area contributed by atoms with Gasteiger partial charge in [0.05, 0.1) is 0 Å². The van der Waals surface area contributed by atoms with Crippen molar-refractivity contribution in [1.82, 2.24) is 0 Å². The van der Waals surface area contributed by atoms with Crippen molar-refractivity contribution < 1.29 is 28.6 Å². The lowest BCUT2D eigenvalue weighted by Crippen LogP contribution is -2.30. The molecule has 0 aliphatic rings. The highest BCUT2D eigenvalue weighted by molar-refractivity contribution is 5.71. The number of esters is 3. The summed E-state index contributed by atoms with van der Waals surface area (Å²) in [5.41, 5.74) is 0. The molecule has 0 aliphatic carbocycles. The maximum Gasteiger partial charge on any atom is 0.306 e. The Morgan fingerprint density at radius 1 is 0.253 bits per heavy atom. The van der Waals surface area contributed by atoms with E-state index >= 15 is 0 Å². The third-order valence-corrected chi connectivity index (χ3v) is 16.5. The van der Waals surface area contributed by atoms with E-state index < -0.39 is 6.10 Å². The minimum absolute atomic E-state index is 0.0792. The molecule has 0 fully saturated rings. The molecule has 6 nitrogen and oxygen atoms in total. The maximum absolute atomic E-state index is 12.9. The summed E-state index contributed by atoms with van der Waals surface area (Å²) >= 11 is 0. The fourth-order valence-electron chi connectivity index (χ4n) is 11.0. The van der Waals surface area contributed by atoms with Crippen molar-refractivity contribution in [2.75, 3.05) is 13.2 Å². The first kappa shape index (κ1) is 80.1. The van der Waals surface area contributed by atoms with Crippen LogP contribution in [0.5, 0.6) is 0 Å². The number of allylic oxidation sites excluding steroid dienone is 10. The van der Waals surface area contributed by atoms with Crippen LogP contribution in [0.1, 0.15) is 393 Å². The largest absolute Gasteiger partial charge is 0.462 e. The zero-order chi connectivity index (χ0) is 59.9. The van der Waals surface area contributed by atoms with Gasteiger partial charge in [0.2, 0.25) is 0 Å². The number of carbonyl (C=O) groups is 3. The smallest absolute Gasteiger partial charge is 0.306 e. The van der Waals surface area contributed by atoms with Crippen molar-refractivity contribution >= 4 is 17.9 Å². The highest BCUT2D eigenvalue weighted by Crippen LogP contribution is 2.19. The zero-order valence-electron chi connectivity index (χ0n) is 55.7. The Morgan fingerprint density at radius 2 is 0.470 bits per heavy atom. The predicted octanol–water partition coefficient (Wildman–Crippen LogP) is 25.5. The number of carbonyl (C=O) groups excluding carboxylic acids is 3. The summed E-state index contributed by atoms with van der Waals surface area (Å²) in [6, 6.07) is 0. The van der Waals surface area contributed by atoms with Crippen LogP contribution in [-0.4, -0.2) is 37.2 Å². The Bertz CT molecular complexity index is 1470. The van der Waals surface area contributed by atoms with E-state index in [1.165, 1.54) is 250 Å². The third-order valence-electron chi connectivity index (χ3n) is 16.5. The van der Waals surface area contributed by atoms with Gasteiger partial charge in [-0.15, -0.1) is 0 Å². The molecule has 0 bridgehead atoms.